The van der Waals surface area contributed by atoms with E-state index in [1.807, 2.05) is 0 Å². The van der Waals surface area contributed by atoms with Crippen molar-refractivity contribution in [2.24, 2.45) is 10.8 Å². The van der Waals surface area contributed by atoms with E-state index in [1.165, 1.54) is 0 Å². The van der Waals surface area contributed by atoms with E-state index in [9.17, 15) is 0 Å². The average Bonchev–Trinajstić information content (AvgIpc) is 1.20. The van der Waals surface area contributed by atoms with Crippen LogP contribution in [0.25, 0.3) is 0 Å². The van der Waals surface area contributed by atoms with Crippen molar-refractivity contribution in [1.29, 1.82) is 0 Å². The maximum absolute atomic E-state index is 3.88. The largest absolute Gasteiger partial charge is 1.00 e. The van der Waals surface area contributed by atoms with Gasteiger partial charge >= 0.3 is 37.7 Å². The molecule has 0 spiro atoms. The maximum atomic E-state index is 3.88. The normalized spacial score (nSPS) is 25.2. The third kappa shape index (κ3) is 3.55. The summed E-state index contributed by atoms with van der Waals surface area (Å²) in [4.78, 5) is 0. The summed E-state index contributed by atoms with van der Waals surface area (Å²) in [5, 5.41) is 0. The summed E-state index contributed by atoms with van der Waals surface area (Å²) in [5.74, 6) is 0. The minimum atomic E-state index is 0. The molecule has 0 nitrogen and oxygen atoms in total. The third-order valence-electron chi connectivity index (χ3n) is 1.50. The molecule has 0 N–H and O–H groups in total. The summed E-state index contributed by atoms with van der Waals surface area (Å²) < 4.78 is 0. The van der Waals surface area contributed by atoms with E-state index in [2.05, 4.69) is 27.7 Å². The zero-order chi connectivity index (χ0) is 6.41. The van der Waals surface area contributed by atoms with E-state index in [-0.39, 0.29) is 48.6 Å². The Morgan fingerprint density at radius 3 is 0.900 bits per heavy atom. The van der Waals surface area contributed by atoms with Gasteiger partial charge in [0.1, 0.15) is 0 Å². The van der Waals surface area contributed by atoms with Gasteiger partial charge in [0.2, 0.25) is 0 Å². The van der Waals surface area contributed by atoms with Crippen molar-refractivity contribution < 1.29 is 37.7 Å². The second-order valence-electron chi connectivity index (χ2n) is 3.35. The van der Waals surface area contributed by atoms with Crippen LogP contribution in [-0.4, -0.2) is 0 Å². The molecule has 0 aromatic carbocycles. The number of rotatable bonds is 0. The molecule has 0 amide bonds. The molecule has 0 heterocycles. The SMILES string of the molecule is [CH2-]C1([CH2-])CC([CH2-])([CH2-])C1.[Li+].[Li+]. The first-order chi connectivity index (χ1) is 3.41. The van der Waals surface area contributed by atoms with Crippen LogP contribution in [-0.2, 0) is 0 Å². The Morgan fingerprint density at radius 1 is 0.700 bits per heavy atom. The summed E-state index contributed by atoms with van der Waals surface area (Å²) in [5.41, 5.74) is 0.0625. The van der Waals surface area contributed by atoms with Crippen LogP contribution in [0.15, 0.2) is 0 Å². The Balaban J connectivity index is 0. The van der Waals surface area contributed by atoms with Crippen molar-refractivity contribution in [2.45, 2.75) is 12.8 Å². The van der Waals surface area contributed by atoms with Gasteiger partial charge in [-0.05, 0) is 0 Å². The minimum Gasteiger partial charge on any atom is -0.367 e. The van der Waals surface area contributed by atoms with Crippen LogP contribution in [0.5, 0.6) is 0 Å². The van der Waals surface area contributed by atoms with Crippen LogP contribution < -0.4 is 37.7 Å². The summed E-state index contributed by atoms with van der Waals surface area (Å²) in [7, 11) is 0. The molecule has 1 saturated carbocycles. The topological polar surface area (TPSA) is 0 Å². The Hall–Kier alpha value is 1.19. The molecule has 0 aromatic heterocycles. The fourth-order valence-corrected chi connectivity index (χ4v) is 1.54. The van der Waals surface area contributed by atoms with Gasteiger partial charge in [0, 0.05) is 0 Å². The van der Waals surface area contributed by atoms with Crippen molar-refractivity contribution >= 4 is 0 Å². The first-order valence-corrected chi connectivity index (χ1v) is 2.83. The monoisotopic (exact) mass is 122 g/mol. The summed E-state index contributed by atoms with van der Waals surface area (Å²) >= 11 is 0. The van der Waals surface area contributed by atoms with Crippen molar-refractivity contribution in [3.63, 3.8) is 0 Å². The maximum Gasteiger partial charge on any atom is 1.00 e. The van der Waals surface area contributed by atoms with Crippen molar-refractivity contribution in [3.05, 3.63) is 27.7 Å². The predicted octanol–water partition coefficient (Wildman–Crippen LogP) is -3.90. The van der Waals surface area contributed by atoms with Crippen LogP contribution in [0.4, 0.5) is 0 Å². The molecule has 0 radical (unpaired) electrons. The molecular weight excluding hydrogens is 110 g/mol. The van der Waals surface area contributed by atoms with E-state index in [0.29, 0.717) is 0 Å². The summed E-state index contributed by atoms with van der Waals surface area (Å²) in [6.45, 7) is 15.5. The van der Waals surface area contributed by atoms with Crippen molar-refractivity contribution in [1.82, 2.24) is 0 Å². The molecule has 1 aliphatic rings. The molecule has 0 unspecified atom stereocenters. The summed E-state index contributed by atoms with van der Waals surface area (Å²) in [6, 6.07) is 0. The quantitative estimate of drug-likeness (QED) is 0.227. The Kier molecular flexibility index (Phi) is 5.14. The fraction of sp³-hybridized carbons (Fsp3) is 0.500. The molecule has 1 fully saturated rings. The van der Waals surface area contributed by atoms with Gasteiger partial charge in [-0.25, -0.2) is 0 Å². The molecule has 0 atom stereocenters. The van der Waals surface area contributed by atoms with Gasteiger partial charge < -0.3 is 38.5 Å². The van der Waals surface area contributed by atoms with Crippen LogP contribution in [0, 0.1) is 38.5 Å². The molecular formula is C8H12Li2-2. The minimum absolute atomic E-state index is 0. The Bertz CT molecular complexity index is 83.8. The zero-order valence-corrected chi connectivity index (χ0v) is 7.24. The fourth-order valence-electron chi connectivity index (χ4n) is 1.54. The van der Waals surface area contributed by atoms with Gasteiger partial charge in [-0.3, -0.25) is 0 Å². The van der Waals surface area contributed by atoms with Gasteiger partial charge in [0.15, 0.2) is 0 Å². The molecule has 0 saturated heterocycles. The summed E-state index contributed by atoms with van der Waals surface area (Å²) in [6.07, 6.45) is 1.92. The van der Waals surface area contributed by atoms with E-state index in [1.54, 1.807) is 0 Å². The molecule has 0 aliphatic heterocycles. The van der Waals surface area contributed by atoms with E-state index >= 15 is 0 Å². The van der Waals surface area contributed by atoms with E-state index < -0.39 is 0 Å². The van der Waals surface area contributed by atoms with Crippen LogP contribution in [0.3, 0.4) is 0 Å². The third-order valence-corrected chi connectivity index (χ3v) is 1.50. The first-order valence-electron chi connectivity index (χ1n) is 2.83. The molecule has 48 valence electrons. The molecule has 10 heavy (non-hydrogen) atoms. The molecule has 2 heteroatoms. The number of hydrogen-bond donors (Lipinski definition) is 0. The van der Waals surface area contributed by atoms with Gasteiger partial charge in [-0.15, -0.1) is 0 Å². The Morgan fingerprint density at radius 2 is 0.900 bits per heavy atom. The molecule has 0 bridgehead atoms. The standard InChI is InChI=1S/C8H12.2Li/c1-7(2)5-8(3,4)6-7;;/h1-6H2;;/q-4;2*+1. The van der Waals surface area contributed by atoms with Crippen LogP contribution in [0.1, 0.15) is 12.8 Å². The van der Waals surface area contributed by atoms with Crippen LogP contribution in [0.2, 0.25) is 0 Å². The first kappa shape index (κ1) is 13.8. The van der Waals surface area contributed by atoms with Gasteiger partial charge in [-0.1, -0.05) is 0 Å². The molecule has 1 aliphatic carbocycles. The van der Waals surface area contributed by atoms with Gasteiger partial charge in [0.25, 0.3) is 0 Å². The smallest absolute Gasteiger partial charge is 0.367 e. The second-order valence-corrected chi connectivity index (χ2v) is 3.35. The molecule has 1 rings (SSSR count). The van der Waals surface area contributed by atoms with Gasteiger partial charge in [-0.2, -0.15) is 12.8 Å². The second kappa shape index (κ2) is 3.73. The predicted molar refractivity (Wildman–Crippen MR) is 35.5 cm³/mol. The molecule has 0 aromatic rings. The van der Waals surface area contributed by atoms with Crippen LogP contribution >= 0.6 is 0 Å². The van der Waals surface area contributed by atoms with Gasteiger partial charge in [0.05, 0.1) is 0 Å². The van der Waals surface area contributed by atoms with Crippen molar-refractivity contribution in [2.75, 3.05) is 0 Å². The Labute approximate surface area is 88.9 Å². The zero-order valence-electron chi connectivity index (χ0n) is 7.24. The van der Waals surface area contributed by atoms with E-state index in [4.69, 9.17) is 0 Å². The number of hydrogen-bond acceptors (Lipinski definition) is 0. The van der Waals surface area contributed by atoms with Crippen molar-refractivity contribution in [3.8, 4) is 0 Å². The average molecular weight is 122 g/mol. The van der Waals surface area contributed by atoms with E-state index in [0.717, 1.165) is 12.8 Å².